The number of benzene rings is 1. The van der Waals surface area contributed by atoms with Gasteiger partial charge in [-0.1, -0.05) is 18.2 Å². The molecule has 1 aliphatic rings. The zero-order valence-electron chi connectivity index (χ0n) is 17.4. The Morgan fingerprint density at radius 2 is 2.09 bits per heavy atom. The third-order valence-corrected chi connectivity index (χ3v) is 7.68. The van der Waals surface area contributed by atoms with Gasteiger partial charge in [0, 0.05) is 29.0 Å². The SMILES string of the molecule is Cn1cc(C(=O)NNC(=O)CSCc2nc3sc4c(c3c(=O)[nH]2)CCC4)c2ccccc21. The summed E-state index contributed by atoms with van der Waals surface area (Å²) in [5.74, 6) is 0.376. The molecule has 164 valence electrons. The minimum atomic E-state index is -0.373. The summed E-state index contributed by atoms with van der Waals surface area (Å²) in [6.45, 7) is 0. The van der Waals surface area contributed by atoms with Gasteiger partial charge in [-0.05, 0) is 30.9 Å². The summed E-state index contributed by atoms with van der Waals surface area (Å²) in [6.07, 6.45) is 4.79. The van der Waals surface area contributed by atoms with Crippen LogP contribution in [0.3, 0.4) is 0 Å². The van der Waals surface area contributed by atoms with Crippen LogP contribution in [0.1, 0.15) is 33.0 Å². The molecule has 10 heteroatoms. The molecule has 4 aromatic rings. The lowest BCUT2D eigenvalue weighted by Gasteiger charge is -2.07. The number of hydrazine groups is 1. The first-order valence-corrected chi connectivity index (χ1v) is 12.2. The summed E-state index contributed by atoms with van der Waals surface area (Å²) in [5, 5.41) is 1.55. The monoisotopic (exact) mass is 467 g/mol. The van der Waals surface area contributed by atoms with Gasteiger partial charge in [0.15, 0.2) is 0 Å². The van der Waals surface area contributed by atoms with Crippen molar-refractivity contribution in [3.63, 3.8) is 0 Å². The summed E-state index contributed by atoms with van der Waals surface area (Å²) < 4.78 is 1.87. The normalized spacial score (nSPS) is 12.9. The van der Waals surface area contributed by atoms with E-state index in [1.807, 2.05) is 35.9 Å². The van der Waals surface area contributed by atoms with Crippen LogP contribution in [0.2, 0.25) is 0 Å². The fourth-order valence-corrected chi connectivity index (χ4v) is 6.08. The lowest BCUT2D eigenvalue weighted by Crippen LogP contribution is -2.42. The number of aromatic amines is 1. The minimum Gasteiger partial charge on any atom is -0.350 e. The van der Waals surface area contributed by atoms with Crippen molar-refractivity contribution in [2.75, 3.05) is 5.75 Å². The van der Waals surface area contributed by atoms with Crippen molar-refractivity contribution in [2.45, 2.75) is 25.0 Å². The summed E-state index contributed by atoms with van der Waals surface area (Å²) in [6, 6.07) is 7.58. The van der Waals surface area contributed by atoms with Gasteiger partial charge in [-0.25, -0.2) is 4.98 Å². The molecule has 0 spiro atoms. The molecule has 0 radical (unpaired) electrons. The van der Waals surface area contributed by atoms with Crippen LogP contribution in [-0.2, 0) is 30.4 Å². The number of nitrogens with one attached hydrogen (secondary N) is 3. The highest BCUT2D eigenvalue weighted by molar-refractivity contribution is 7.99. The molecule has 0 saturated carbocycles. The first-order valence-electron chi connectivity index (χ1n) is 10.3. The maximum atomic E-state index is 12.5. The number of fused-ring (bicyclic) bond motifs is 4. The van der Waals surface area contributed by atoms with Gasteiger partial charge >= 0.3 is 0 Å². The van der Waals surface area contributed by atoms with Gasteiger partial charge < -0.3 is 9.55 Å². The van der Waals surface area contributed by atoms with Crippen LogP contribution in [0.25, 0.3) is 21.1 Å². The number of thioether (sulfide) groups is 1. The van der Waals surface area contributed by atoms with Crippen LogP contribution in [0.4, 0.5) is 0 Å². The number of hydrogen-bond acceptors (Lipinski definition) is 6. The van der Waals surface area contributed by atoms with Crippen molar-refractivity contribution in [1.29, 1.82) is 0 Å². The van der Waals surface area contributed by atoms with Crippen molar-refractivity contribution in [3.8, 4) is 0 Å². The second-order valence-corrected chi connectivity index (χ2v) is 9.79. The number of carbonyl (C=O) groups excluding carboxylic acids is 2. The van der Waals surface area contributed by atoms with E-state index in [0.717, 1.165) is 45.9 Å². The number of H-pyrrole nitrogens is 1. The number of para-hydroxylation sites is 1. The molecule has 0 fully saturated rings. The van der Waals surface area contributed by atoms with E-state index in [-0.39, 0.29) is 23.1 Å². The molecule has 0 saturated heterocycles. The molecule has 3 aromatic heterocycles. The molecular formula is C22H21N5O3S2. The summed E-state index contributed by atoms with van der Waals surface area (Å²) in [5.41, 5.74) is 7.41. The van der Waals surface area contributed by atoms with Crippen LogP contribution < -0.4 is 16.4 Å². The first-order chi connectivity index (χ1) is 15.5. The van der Waals surface area contributed by atoms with Crippen LogP contribution in [0.15, 0.2) is 35.3 Å². The van der Waals surface area contributed by atoms with Gasteiger partial charge in [0.2, 0.25) is 5.91 Å². The molecule has 2 amide bonds. The van der Waals surface area contributed by atoms with E-state index >= 15 is 0 Å². The van der Waals surface area contributed by atoms with E-state index in [9.17, 15) is 14.4 Å². The van der Waals surface area contributed by atoms with Crippen molar-refractivity contribution in [3.05, 3.63) is 62.6 Å². The molecule has 0 bridgehead atoms. The highest BCUT2D eigenvalue weighted by atomic mass is 32.2. The van der Waals surface area contributed by atoms with E-state index in [2.05, 4.69) is 20.8 Å². The number of nitrogens with zero attached hydrogens (tertiary/aromatic N) is 2. The topological polar surface area (TPSA) is 109 Å². The fraction of sp³-hybridized carbons (Fsp3) is 0.273. The van der Waals surface area contributed by atoms with Crippen LogP contribution in [0.5, 0.6) is 0 Å². The van der Waals surface area contributed by atoms with Crippen molar-refractivity contribution in [2.24, 2.45) is 7.05 Å². The average molecular weight is 468 g/mol. The number of thiophene rings is 1. The van der Waals surface area contributed by atoms with Gasteiger partial charge in [0.25, 0.3) is 11.5 Å². The van der Waals surface area contributed by atoms with Crippen LogP contribution in [-0.4, -0.2) is 32.1 Å². The number of amides is 2. The van der Waals surface area contributed by atoms with Crippen LogP contribution in [0, 0.1) is 0 Å². The fourth-order valence-electron chi connectivity index (χ4n) is 4.11. The molecular weight excluding hydrogens is 446 g/mol. The second kappa shape index (κ2) is 8.44. The standard InChI is InChI=1S/C22H21N5O3S2/c1-27-9-14(12-5-2-3-7-15(12)27)20(29)26-25-18(28)11-31-10-17-23-21(30)19-13-6-4-8-16(13)32-22(19)24-17/h2-3,5,7,9H,4,6,8,10-11H2,1H3,(H,25,28)(H,26,29)(H,23,24,30). The molecule has 1 aliphatic carbocycles. The van der Waals surface area contributed by atoms with Gasteiger partial charge in [-0.15, -0.1) is 23.1 Å². The Kier molecular flexibility index (Phi) is 5.48. The Morgan fingerprint density at radius 3 is 2.97 bits per heavy atom. The zero-order chi connectivity index (χ0) is 22.2. The molecule has 0 atom stereocenters. The smallest absolute Gasteiger partial charge is 0.271 e. The van der Waals surface area contributed by atoms with Crippen molar-refractivity contribution >= 4 is 56.0 Å². The Balaban J connectivity index is 1.16. The molecule has 0 aliphatic heterocycles. The minimum absolute atomic E-state index is 0.100. The van der Waals surface area contributed by atoms with Gasteiger partial charge in [-0.3, -0.25) is 25.2 Å². The number of aryl methyl sites for hydroxylation is 3. The predicted octanol–water partition coefficient (Wildman–Crippen LogP) is 2.66. The Morgan fingerprint density at radius 1 is 1.25 bits per heavy atom. The highest BCUT2D eigenvalue weighted by Gasteiger charge is 2.21. The quantitative estimate of drug-likeness (QED) is 0.391. The van der Waals surface area contributed by atoms with Gasteiger partial charge in [0.1, 0.15) is 10.7 Å². The lowest BCUT2D eigenvalue weighted by molar-refractivity contribution is -0.119. The third-order valence-electron chi connectivity index (χ3n) is 5.55. The maximum absolute atomic E-state index is 12.5. The number of carbonyl (C=O) groups is 2. The van der Waals surface area contributed by atoms with E-state index in [1.54, 1.807) is 17.5 Å². The van der Waals surface area contributed by atoms with Gasteiger partial charge in [-0.2, -0.15) is 0 Å². The van der Waals surface area contributed by atoms with Crippen molar-refractivity contribution in [1.82, 2.24) is 25.4 Å². The molecule has 32 heavy (non-hydrogen) atoms. The van der Waals surface area contributed by atoms with Crippen molar-refractivity contribution < 1.29 is 9.59 Å². The largest absolute Gasteiger partial charge is 0.350 e. The Labute approximate surface area is 191 Å². The lowest BCUT2D eigenvalue weighted by atomic mass is 10.2. The van der Waals surface area contributed by atoms with E-state index < -0.39 is 0 Å². The number of aromatic nitrogens is 3. The molecule has 8 nitrogen and oxygen atoms in total. The van der Waals surface area contributed by atoms with E-state index in [1.165, 1.54) is 16.6 Å². The molecule has 0 unspecified atom stereocenters. The zero-order valence-corrected chi connectivity index (χ0v) is 19.0. The Hall–Kier alpha value is -3.11. The molecule has 1 aromatic carbocycles. The second-order valence-electron chi connectivity index (χ2n) is 7.72. The Bertz CT molecular complexity index is 1420. The molecule has 5 rings (SSSR count). The molecule has 3 heterocycles. The highest BCUT2D eigenvalue weighted by Crippen LogP contribution is 2.34. The summed E-state index contributed by atoms with van der Waals surface area (Å²) >= 11 is 2.92. The molecule has 3 N–H and O–H groups in total. The van der Waals surface area contributed by atoms with E-state index in [0.29, 0.717) is 17.1 Å². The number of hydrogen-bond donors (Lipinski definition) is 3. The number of rotatable bonds is 5. The third kappa shape index (κ3) is 3.80. The van der Waals surface area contributed by atoms with Gasteiger partial charge in [0.05, 0.1) is 22.5 Å². The van der Waals surface area contributed by atoms with E-state index in [4.69, 9.17) is 0 Å². The summed E-state index contributed by atoms with van der Waals surface area (Å²) in [7, 11) is 1.87. The average Bonchev–Trinajstić information content (AvgIpc) is 3.45. The predicted molar refractivity (Wildman–Crippen MR) is 127 cm³/mol. The maximum Gasteiger partial charge on any atom is 0.271 e. The first kappa shape index (κ1) is 20.8. The summed E-state index contributed by atoms with van der Waals surface area (Å²) in [4.78, 5) is 46.6. The van der Waals surface area contributed by atoms with Crippen LogP contribution >= 0.6 is 23.1 Å².